The van der Waals surface area contributed by atoms with Crippen LogP contribution in [0, 0.1) is 5.92 Å². The third kappa shape index (κ3) is 3.06. The molecule has 2 amide bonds. The number of nitrogens with zero attached hydrogens (tertiary/aromatic N) is 2. The minimum atomic E-state index is -0.335. The summed E-state index contributed by atoms with van der Waals surface area (Å²) in [5, 5.41) is 0. The molecule has 0 bridgehead atoms. The molecule has 2 heterocycles. The van der Waals surface area contributed by atoms with Crippen molar-refractivity contribution in [2.24, 2.45) is 11.7 Å². The largest absolute Gasteiger partial charge is 0.369 e. The van der Waals surface area contributed by atoms with Crippen molar-refractivity contribution in [3.05, 3.63) is 54.1 Å². The van der Waals surface area contributed by atoms with Gasteiger partial charge in [-0.2, -0.15) is 0 Å². The van der Waals surface area contributed by atoms with Crippen molar-refractivity contribution in [3.63, 3.8) is 0 Å². The molecule has 2 aromatic carbocycles. The van der Waals surface area contributed by atoms with Crippen molar-refractivity contribution in [1.29, 1.82) is 0 Å². The van der Waals surface area contributed by atoms with Crippen LogP contribution in [0.1, 0.15) is 23.2 Å². The molecule has 1 atom stereocenters. The standard InChI is InChI=1S/C20H20N4O2/c21-18(25)15-7-4-10-24(12-15)20(26)14-6-3-5-13(11-14)19-22-16-8-1-2-9-17(16)23-19/h1-3,5-6,8-9,11,15H,4,7,10,12H2,(H2,21,25)(H,22,23)/t15-/m0/s1. The monoisotopic (exact) mass is 348 g/mol. The molecular formula is C20H20N4O2. The highest BCUT2D eigenvalue weighted by Crippen LogP contribution is 2.23. The molecule has 132 valence electrons. The number of primary amides is 1. The minimum Gasteiger partial charge on any atom is -0.369 e. The van der Waals surface area contributed by atoms with E-state index in [1.54, 1.807) is 11.0 Å². The Labute approximate surface area is 151 Å². The summed E-state index contributed by atoms with van der Waals surface area (Å²) in [7, 11) is 0. The van der Waals surface area contributed by atoms with Gasteiger partial charge in [0, 0.05) is 24.2 Å². The average molecular weight is 348 g/mol. The van der Waals surface area contributed by atoms with E-state index in [0.29, 0.717) is 18.7 Å². The van der Waals surface area contributed by atoms with Gasteiger partial charge in [0.15, 0.2) is 0 Å². The van der Waals surface area contributed by atoms with Crippen LogP contribution in [-0.4, -0.2) is 39.8 Å². The fourth-order valence-electron chi connectivity index (χ4n) is 3.47. The fourth-order valence-corrected chi connectivity index (χ4v) is 3.47. The first-order valence-electron chi connectivity index (χ1n) is 8.75. The summed E-state index contributed by atoms with van der Waals surface area (Å²) < 4.78 is 0. The number of hydrogen-bond acceptors (Lipinski definition) is 3. The Kier molecular flexibility index (Phi) is 4.16. The zero-order valence-electron chi connectivity index (χ0n) is 14.3. The SMILES string of the molecule is NC(=O)[C@H]1CCCN(C(=O)c2cccc(-c3nc4ccccc4[nH]3)c2)C1. The average Bonchev–Trinajstić information content (AvgIpc) is 3.12. The Morgan fingerprint density at radius 1 is 1.15 bits per heavy atom. The van der Waals surface area contributed by atoms with Gasteiger partial charge in [0.2, 0.25) is 5.91 Å². The first-order chi connectivity index (χ1) is 12.6. The number of piperidine rings is 1. The lowest BCUT2D eigenvalue weighted by atomic mass is 9.96. The molecular weight excluding hydrogens is 328 g/mol. The second kappa shape index (κ2) is 6.63. The van der Waals surface area contributed by atoms with E-state index >= 15 is 0 Å². The molecule has 0 unspecified atom stereocenters. The number of aromatic nitrogens is 2. The number of imidazole rings is 1. The number of para-hydroxylation sites is 2. The van der Waals surface area contributed by atoms with Gasteiger partial charge in [0.05, 0.1) is 17.0 Å². The van der Waals surface area contributed by atoms with Gasteiger partial charge in [0.25, 0.3) is 5.91 Å². The maximum absolute atomic E-state index is 12.9. The second-order valence-corrected chi connectivity index (χ2v) is 6.68. The number of nitrogens with two attached hydrogens (primary N) is 1. The van der Waals surface area contributed by atoms with Crippen LogP contribution in [0.5, 0.6) is 0 Å². The first kappa shape index (κ1) is 16.3. The number of aromatic amines is 1. The third-order valence-electron chi connectivity index (χ3n) is 4.88. The molecule has 3 aromatic rings. The van der Waals surface area contributed by atoms with Gasteiger partial charge in [-0.3, -0.25) is 9.59 Å². The van der Waals surface area contributed by atoms with Gasteiger partial charge >= 0.3 is 0 Å². The zero-order chi connectivity index (χ0) is 18.1. The Morgan fingerprint density at radius 2 is 2.00 bits per heavy atom. The summed E-state index contributed by atoms with van der Waals surface area (Å²) in [5.41, 5.74) is 8.71. The van der Waals surface area contributed by atoms with Crippen LogP contribution >= 0.6 is 0 Å². The summed E-state index contributed by atoms with van der Waals surface area (Å²) in [6.07, 6.45) is 1.54. The normalized spacial score (nSPS) is 17.4. The Bertz CT molecular complexity index is 946. The summed E-state index contributed by atoms with van der Waals surface area (Å²) in [6, 6.07) is 15.2. The molecule has 6 nitrogen and oxygen atoms in total. The number of hydrogen-bond donors (Lipinski definition) is 2. The first-order valence-corrected chi connectivity index (χ1v) is 8.75. The summed E-state index contributed by atoms with van der Waals surface area (Å²) >= 11 is 0. The minimum absolute atomic E-state index is 0.0751. The fraction of sp³-hybridized carbons (Fsp3) is 0.250. The molecule has 0 aliphatic carbocycles. The molecule has 1 saturated heterocycles. The summed E-state index contributed by atoms with van der Waals surface area (Å²) in [4.78, 5) is 33.9. The molecule has 0 spiro atoms. The molecule has 0 saturated carbocycles. The number of fused-ring (bicyclic) bond motifs is 1. The van der Waals surface area contributed by atoms with E-state index in [1.807, 2.05) is 42.5 Å². The Morgan fingerprint density at radius 3 is 2.81 bits per heavy atom. The van der Waals surface area contributed by atoms with Gasteiger partial charge in [0.1, 0.15) is 5.82 Å². The summed E-state index contributed by atoms with van der Waals surface area (Å²) in [6.45, 7) is 1.04. The predicted octanol–water partition coefficient (Wildman–Crippen LogP) is 2.57. The lowest BCUT2D eigenvalue weighted by Crippen LogP contribution is -2.44. The van der Waals surface area contributed by atoms with Crippen molar-refractivity contribution >= 4 is 22.8 Å². The van der Waals surface area contributed by atoms with Gasteiger partial charge in [-0.05, 0) is 37.1 Å². The molecule has 4 rings (SSSR count). The molecule has 1 aliphatic rings. The van der Waals surface area contributed by atoms with E-state index in [9.17, 15) is 9.59 Å². The van der Waals surface area contributed by atoms with Crippen molar-refractivity contribution in [3.8, 4) is 11.4 Å². The number of nitrogens with one attached hydrogen (secondary N) is 1. The number of carbonyl (C=O) groups is 2. The number of carbonyl (C=O) groups excluding carboxylic acids is 2. The van der Waals surface area contributed by atoms with E-state index in [0.717, 1.165) is 35.3 Å². The lowest BCUT2D eigenvalue weighted by Gasteiger charge is -2.31. The number of benzene rings is 2. The van der Waals surface area contributed by atoms with E-state index in [2.05, 4.69) is 9.97 Å². The predicted molar refractivity (Wildman–Crippen MR) is 99.4 cm³/mol. The van der Waals surface area contributed by atoms with Crippen LogP contribution in [0.4, 0.5) is 0 Å². The van der Waals surface area contributed by atoms with Crippen LogP contribution in [-0.2, 0) is 4.79 Å². The highest BCUT2D eigenvalue weighted by atomic mass is 16.2. The zero-order valence-corrected chi connectivity index (χ0v) is 14.3. The van der Waals surface area contributed by atoms with Crippen LogP contribution in [0.3, 0.4) is 0 Å². The molecule has 6 heteroatoms. The molecule has 1 aromatic heterocycles. The molecule has 3 N–H and O–H groups in total. The maximum Gasteiger partial charge on any atom is 0.253 e. The van der Waals surface area contributed by atoms with E-state index in [-0.39, 0.29) is 17.7 Å². The maximum atomic E-state index is 12.9. The summed E-state index contributed by atoms with van der Waals surface area (Å²) in [5.74, 6) is 0.0631. The second-order valence-electron chi connectivity index (χ2n) is 6.68. The van der Waals surface area contributed by atoms with Gasteiger partial charge in [-0.25, -0.2) is 4.98 Å². The van der Waals surface area contributed by atoms with E-state index in [1.165, 1.54) is 0 Å². The number of amides is 2. The van der Waals surface area contributed by atoms with E-state index in [4.69, 9.17) is 5.73 Å². The van der Waals surface area contributed by atoms with Crippen molar-refractivity contribution in [1.82, 2.24) is 14.9 Å². The number of H-pyrrole nitrogens is 1. The number of rotatable bonds is 3. The topological polar surface area (TPSA) is 92.1 Å². The molecule has 0 radical (unpaired) electrons. The molecule has 1 aliphatic heterocycles. The Balaban J connectivity index is 1.61. The lowest BCUT2D eigenvalue weighted by molar-refractivity contribution is -0.123. The molecule has 1 fully saturated rings. The van der Waals surface area contributed by atoms with Crippen LogP contribution in [0.2, 0.25) is 0 Å². The van der Waals surface area contributed by atoms with Crippen molar-refractivity contribution in [2.75, 3.05) is 13.1 Å². The smallest absolute Gasteiger partial charge is 0.253 e. The van der Waals surface area contributed by atoms with Gasteiger partial charge in [-0.1, -0.05) is 24.3 Å². The van der Waals surface area contributed by atoms with Crippen LogP contribution < -0.4 is 5.73 Å². The van der Waals surface area contributed by atoms with E-state index < -0.39 is 0 Å². The van der Waals surface area contributed by atoms with Crippen molar-refractivity contribution in [2.45, 2.75) is 12.8 Å². The van der Waals surface area contributed by atoms with Crippen LogP contribution in [0.25, 0.3) is 22.4 Å². The highest BCUT2D eigenvalue weighted by Gasteiger charge is 2.27. The Hall–Kier alpha value is -3.15. The van der Waals surface area contributed by atoms with Gasteiger partial charge in [-0.15, -0.1) is 0 Å². The number of likely N-dealkylation sites (tertiary alicyclic amines) is 1. The molecule has 26 heavy (non-hydrogen) atoms. The third-order valence-corrected chi connectivity index (χ3v) is 4.88. The van der Waals surface area contributed by atoms with Gasteiger partial charge < -0.3 is 15.6 Å². The van der Waals surface area contributed by atoms with Crippen molar-refractivity contribution < 1.29 is 9.59 Å². The van der Waals surface area contributed by atoms with Crippen LogP contribution in [0.15, 0.2) is 48.5 Å². The quantitative estimate of drug-likeness (QED) is 0.762. The highest BCUT2D eigenvalue weighted by molar-refractivity contribution is 5.96.